The SMILES string of the molecule is Cc1nc(C)c(C(=O)C2=C(O)C(=O)N(CCCn3ccnc3)[C@@H]2c2ccccc2)s1. The van der Waals surface area contributed by atoms with Gasteiger partial charge in [-0.15, -0.1) is 11.3 Å². The summed E-state index contributed by atoms with van der Waals surface area (Å²) in [5, 5.41) is 11.5. The molecule has 0 unspecified atom stereocenters. The first-order valence-electron chi connectivity index (χ1n) is 9.71. The van der Waals surface area contributed by atoms with Crippen molar-refractivity contribution in [1.82, 2.24) is 19.4 Å². The van der Waals surface area contributed by atoms with E-state index in [1.54, 1.807) is 24.3 Å². The van der Waals surface area contributed by atoms with Gasteiger partial charge in [-0.3, -0.25) is 9.59 Å². The molecule has 30 heavy (non-hydrogen) atoms. The van der Waals surface area contributed by atoms with Crippen LogP contribution in [-0.4, -0.2) is 42.8 Å². The van der Waals surface area contributed by atoms with Gasteiger partial charge in [-0.2, -0.15) is 0 Å². The monoisotopic (exact) mass is 422 g/mol. The molecule has 3 heterocycles. The zero-order chi connectivity index (χ0) is 21.3. The molecule has 0 bridgehead atoms. The predicted octanol–water partition coefficient (Wildman–Crippen LogP) is 3.63. The molecule has 154 valence electrons. The number of aliphatic hydroxyl groups excluding tert-OH is 1. The molecule has 0 saturated carbocycles. The first kappa shape index (κ1) is 20.0. The molecule has 1 aliphatic heterocycles. The Balaban J connectivity index is 1.67. The third kappa shape index (κ3) is 3.66. The zero-order valence-electron chi connectivity index (χ0n) is 16.8. The number of nitrogens with zero attached hydrogens (tertiary/aromatic N) is 4. The van der Waals surface area contributed by atoms with E-state index in [1.165, 1.54) is 11.3 Å². The van der Waals surface area contributed by atoms with E-state index in [0.29, 0.717) is 30.1 Å². The zero-order valence-corrected chi connectivity index (χ0v) is 17.6. The van der Waals surface area contributed by atoms with Crippen molar-refractivity contribution >= 4 is 23.0 Å². The van der Waals surface area contributed by atoms with E-state index in [1.807, 2.05) is 48.0 Å². The number of carbonyl (C=O) groups excluding carboxylic acids is 2. The molecule has 0 spiro atoms. The maximum atomic E-state index is 13.4. The van der Waals surface area contributed by atoms with E-state index in [2.05, 4.69) is 9.97 Å². The molecule has 1 amide bonds. The second-order valence-corrected chi connectivity index (χ2v) is 8.41. The van der Waals surface area contributed by atoms with Crippen LogP contribution in [0.2, 0.25) is 0 Å². The summed E-state index contributed by atoms with van der Waals surface area (Å²) in [6, 6.07) is 8.72. The summed E-state index contributed by atoms with van der Waals surface area (Å²) in [5.41, 5.74) is 1.53. The van der Waals surface area contributed by atoms with Crippen LogP contribution in [0.5, 0.6) is 0 Å². The van der Waals surface area contributed by atoms with Crippen LogP contribution >= 0.6 is 11.3 Å². The van der Waals surface area contributed by atoms with Crippen LogP contribution in [0.4, 0.5) is 0 Å². The number of aliphatic hydroxyl groups is 1. The van der Waals surface area contributed by atoms with Gasteiger partial charge in [-0.05, 0) is 25.8 Å². The number of thiazole rings is 1. The minimum atomic E-state index is -0.629. The molecule has 3 aromatic rings. The average molecular weight is 423 g/mol. The summed E-state index contributed by atoms with van der Waals surface area (Å²) in [4.78, 5) is 36.7. The maximum absolute atomic E-state index is 13.4. The molecule has 1 aliphatic rings. The number of imidazole rings is 1. The van der Waals surface area contributed by atoms with Crippen LogP contribution in [0.1, 0.15) is 38.4 Å². The lowest BCUT2D eigenvalue weighted by Crippen LogP contribution is -2.32. The normalized spacial score (nSPS) is 16.5. The van der Waals surface area contributed by atoms with E-state index in [-0.39, 0.29) is 11.4 Å². The third-order valence-corrected chi connectivity index (χ3v) is 6.22. The molecule has 8 heteroatoms. The number of hydrogen-bond acceptors (Lipinski definition) is 6. The molecular formula is C22H22N4O3S. The molecule has 2 aromatic heterocycles. The summed E-state index contributed by atoms with van der Waals surface area (Å²) in [6.07, 6.45) is 5.95. The Bertz CT molecular complexity index is 1100. The van der Waals surface area contributed by atoms with Crippen molar-refractivity contribution in [2.24, 2.45) is 0 Å². The third-order valence-electron chi connectivity index (χ3n) is 5.15. The summed E-state index contributed by atoms with van der Waals surface area (Å²) in [7, 11) is 0. The van der Waals surface area contributed by atoms with Gasteiger partial charge >= 0.3 is 0 Å². The summed E-state index contributed by atoms with van der Waals surface area (Å²) < 4.78 is 1.93. The second-order valence-electron chi connectivity index (χ2n) is 7.20. The summed E-state index contributed by atoms with van der Waals surface area (Å²) in [5.74, 6) is -1.33. The number of aryl methyl sites for hydroxylation is 3. The minimum Gasteiger partial charge on any atom is -0.503 e. The van der Waals surface area contributed by atoms with E-state index < -0.39 is 17.7 Å². The Morgan fingerprint density at radius 2 is 1.97 bits per heavy atom. The van der Waals surface area contributed by atoms with Crippen molar-refractivity contribution in [3.8, 4) is 0 Å². The Labute approximate surface area is 178 Å². The van der Waals surface area contributed by atoms with Crippen LogP contribution in [0, 0.1) is 13.8 Å². The van der Waals surface area contributed by atoms with Crippen molar-refractivity contribution in [2.45, 2.75) is 32.9 Å². The molecular weight excluding hydrogens is 400 g/mol. The molecule has 0 fully saturated rings. The van der Waals surface area contributed by atoms with Gasteiger partial charge in [0.15, 0.2) is 5.76 Å². The lowest BCUT2D eigenvalue weighted by Gasteiger charge is -2.26. The topological polar surface area (TPSA) is 88.3 Å². The highest BCUT2D eigenvalue weighted by Gasteiger charge is 2.44. The van der Waals surface area contributed by atoms with Crippen LogP contribution in [0.3, 0.4) is 0 Å². The molecule has 1 aromatic carbocycles. The van der Waals surface area contributed by atoms with E-state index >= 15 is 0 Å². The molecule has 7 nitrogen and oxygen atoms in total. The van der Waals surface area contributed by atoms with Crippen LogP contribution in [0.15, 0.2) is 60.4 Å². The van der Waals surface area contributed by atoms with Gasteiger partial charge < -0.3 is 14.6 Å². The first-order chi connectivity index (χ1) is 14.5. The fourth-order valence-electron chi connectivity index (χ4n) is 3.81. The number of hydrogen-bond donors (Lipinski definition) is 1. The molecule has 1 atom stereocenters. The molecule has 0 radical (unpaired) electrons. The number of benzene rings is 1. The lowest BCUT2D eigenvalue weighted by atomic mass is 9.95. The van der Waals surface area contributed by atoms with E-state index in [9.17, 15) is 14.7 Å². The summed E-state index contributed by atoms with van der Waals surface area (Å²) in [6.45, 7) is 4.69. The highest BCUT2D eigenvalue weighted by Crippen LogP contribution is 2.40. The van der Waals surface area contributed by atoms with Crippen molar-refractivity contribution in [1.29, 1.82) is 0 Å². The highest BCUT2D eigenvalue weighted by molar-refractivity contribution is 7.14. The number of amides is 1. The fraction of sp³-hybridized carbons (Fsp3) is 0.273. The Hall–Kier alpha value is -3.26. The van der Waals surface area contributed by atoms with Gasteiger partial charge in [0, 0.05) is 25.5 Å². The van der Waals surface area contributed by atoms with Gasteiger partial charge in [0.25, 0.3) is 5.91 Å². The van der Waals surface area contributed by atoms with Crippen LogP contribution in [-0.2, 0) is 11.3 Å². The van der Waals surface area contributed by atoms with Crippen molar-refractivity contribution in [3.05, 3.63) is 81.5 Å². The summed E-state index contributed by atoms with van der Waals surface area (Å²) >= 11 is 1.28. The van der Waals surface area contributed by atoms with Crippen molar-refractivity contribution < 1.29 is 14.7 Å². The van der Waals surface area contributed by atoms with Gasteiger partial charge in [-0.1, -0.05) is 30.3 Å². The Kier molecular flexibility index (Phi) is 5.50. The molecule has 1 N–H and O–H groups in total. The molecule has 4 rings (SSSR count). The number of Topliss-reactive ketones (excluding diaryl/α,β-unsaturated/α-hetero) is 1. The van der Waals surface area contributed by atoms with E-state index in [4.69, 9.17) is 0 Å². The number of aromatic nitrogens is 3. The van der Waals surface area contributed by atoms with Crippen LogP contribution in [0.25, 0.3) is 0 Å². The fourth-order valence-corrected chi connectivity index (χ4v) is 4.68. The van der Waals surface area contributed by atoms with Crippen molar-refractivity contribution in [3.63, 3.8) is 0 Å². The minimum absolute atomic E-state index is 0.126. The van der Waals surface area contributed by atoms with Crippen LogP contribution < -0.4 is 0 Å². The Morgan fingerprint density at radius 1 is 1.20 bits per heavy atom. The first-order valence-corrected chi connectivity index (χ1v) is 10.5. The van der Waals surface area contributed by atoms with Gasteiger partial charge in [0.1, 0.15) is 0 Å². The molecule has 0 saturated heterocycles. The number of rotatable bonds is 7. The number of carbonyl (C=O) groups is 2. The second kappa shape index (κ2) is 8.23. The van der Waals surface area contributed by atoms with E-state index in [0.717, 1.165) is 10.6 Å². The quantitative estimate of drug-likeness (QED) is 0.588. The van der Waals surface area contributed by atoms with Gasteiger partial charge in [-0.25, -0.2) is 9.97 Å². The number of ketones is 1. The smallest absolute Gasteiger partial charge is 0.290 e. The molecule has 0 aliphatic carbocycles. The van der Waals surface area contributed by atoms with Crippen molar-refractivity contribution in [2.75, 3.05) is 6.54 Å². The predicted molar refractivity (Wildman–Crippen MR) is 113 cm³/mol. The largest absolute Gasteiger partial charge is 0.503 e. The average Bonchev–Trinajstić information content (AvgIpc) is 3.43. The van der Waals surface area contributed by atoms with Gasteiger partial charge in [0.05, 0.1) is 33.5 Å². The maximum Gasteiger partial charge on any atom is 0.290 e. The highest BCUT2D eigenvalue weighted by atomic mass is 32.1. The standard InChI is InChI=1S/C22H22N4O3S/c1-14-21(30-15(2)24-14)19(27)17-18(16-7-4-3-5-8-16)26(22(29)20(17)28)11-6-10-25-12-9-23-13-25/h3-5,7-9,12-13,18,28H,6,10-11H2,1-2H3/t18-/m1/s1. The Morgan fingerprint density at radius 3 is 2.60 bits per heavy atom. The van der Waals surface area contributed by atoms with Gasteiger partial charge in [0.2, 0.25) is 5.78 Å². The lowest BCUT2D eigenvalue weighted by molar-refractivity contribution is -0.129.